The van der Waals surface area contributed by atoms with Crippen LogP contribution in [-0.2, 0) is 22.6 Å². The molecule has 1 aliphatic heterocycles. The van der Waals surface area contributed by atoms with E-state index in [1.807, 2.05) is 12.1 Å². The van der Waals surface area contributed by atoms with Crippen LogP contribution in [0.4, 0.5) is 0 Å². The summed E-state index contributed by atoms with van der Waals surface area (Å²) in [5, 5.41) is 3.25. The molecular formula is C22H25N3O2. The number of aryl methyl sites for hydroxylation is 1. The summed E-state index contributed by atoms with van der Waals surface area (Å²) in [6.07, 6.45) is 6.66. The van der Waals surface area contributed by atoms with Crippen LogP contribution in [0.25, 0.3) is 0 Å². The third-order valence-electron chi connectivity index (χ3n) is 5.55. The molecule has 0 radical (unpaired) electrons. The number of carbonyl (C=O) groups is 2. The lowest BCUT2D eigenvalue weighted by Gasteiger charge is -2.21. The molecule has 1 aliphatic carbocycles. The number of amides is 2. The molecule has 1 aromatic carbocycles. The number of rotatable bonds is 6. The molecule has 5 nitrogen and oxygen atoms in total. The molecule has 1 atom stereocenters. The Morgan fingerprint density at radius 1 is 1.26 bits per heavy atom. The van der Waals surface area contributed by atoms with Gasteiger partial charge in [0.2, 0.25) is 11.8 Å². The van der Waals surface area contributed by atoms with Crippen molar-refractivity contribution in [2.24, 2.45) is 5.92 Å². The molecular weight excluding hydrogens is 338 g/mol. The van der Waals surface area contributed by atoms with Crippen LogP contribution < -0.4 is 5.32 Å². The van der Waals surface area contributed by atoms with Crippen LogP contribution in [0.15, 0.2) is 48.8 Å². The molecule has 0 unspecified atom stereocenters. The number of benzene rings is 1. The van der Waals surface area contributed by atoms with Gasteiger partial charge in [-0.25, -0.2) is 0 Å². The summed E-state index contributed by atoms with van der Waals surface area (Å²) in [6, 6.07) is 12.3. The highest BCUT2D eigenvalue weighted by Gasteiger charge is 2.46. The Bertz CT molecular complexity index is 846. The van der Waals surface area contributed by atoms with Crippen LogP contribution in [0.2, 0.25) is 0 Å². The van der Waals surface area contributed by atoms with Crippen molar-refractivity contribution in [2.45, 2.75) is 44.7 Å². The lowest BCUT2D eigenvalue weighted by Crippen LogP contribution is -2.42. The van der Waals surface area contributed by atoms with Gasteiger partial charge in [0.15, 0.2) is 0 Å². The number of likely N-dealkylation sites (tertiary alicyclic amines) is 1. The molecule has 1 aromatic heterocycles. The second kappa shape index (κ2) is 7.14. The van der Waals surface area contributed by atoms with Gasteiger partial charge < -0.3 is 10.2 Å². The molecule has 2 heterocycles. The van der Waals surface area contributed by atoms with E-state index in [2.05, 4.69) is 41.5 Å². The Hall–Kier alpha value is -2.69. The molecule has 1 N–H and O–H groups in total. The molecule has 140 valence electrons. The zero-order valence-electron chi connectivity index (χ0n) is 15.6. The van der Waals surface area contributed by atoms with Crippen molar-refractivity contribution in [3.05, 3.63) is 65.5 Å². The summed E-state index contributed by atoms with van der Waals surface area (Å²) < 4.78 is 0. The Kier molecular flexibility index (Phi) is 4.68. The minimum Gasteiger partial charge on any atom is -0.350 e. The van der Waals surface area contributed by atoms with E-state index in [9.17, 15) is 9.59 Å². The third-order valence-corrected chi connectivity index (χ3v) is 5.55. The molecule has 1 saturated carbocycles. The van der Waals surface area contributed by atoms with Crippen LogP contribution in [0.5, 0.6) is 0 Å². The first-order valence-electron chi connectivity index (χ1n) is 9.57. The molecule has 0 spiro atoms. The van der Waals surface area contributed by atoms with E-state index < -0.39 is 0 Å². The molecule has 4 rings (SSSR count). The fourth-order valence-corrected chi connectivity index (χ4v) is 3.89. The average molecular weight is 363 g/mol. The SMILES string of the molecule is Cc1cccc(CC2(NC(=O)[C@@H]3CC(=O)N(Cc4cccnc4)C3)CC2)c1. The van der Waals surface area contributed by atoms with Crippen molar-refractivity contribution in [1.82, 2.24) is 15.2 Å². The molecule has 0 bridgehead atoms. The number of nitrogens with zero attached hydrogens (tertiary/aromatic N) is 2. The third kappa shape index (κ3) is 4.18. The summed E-state index contributed by atoms with van der Waals surface area (Å²) in [6.45, 7) is 3.09. The summed E-state index contributed by atoms with van der Waals surface area (Å²) in [4.78, 5) is 31.0. The van der Waals surface area contributed by atoms with Crippen LogP contribution in [0, 0.1) is 12.8 Å². The number of nitrogens with one attached hydrogen (secondary N) is 1. The Balaban J connectivity index is 1.35. The highest BCUT2D eigenvalue weighted by molar-refractivity contribution is 5.89. The molecule has 2 fully saturated rings. The van der Waals surface area contributed by atoms with Gasteiger partial charge in [-0.2, -0.15) is 0 Å². The van der Waals surface area contributed by atoms with Crippen molar-refractivity contribution in [1.29, 1.82) is 0 Å². The number of aromatic nitrogens is 1. The van der Waals surface area contributed by atoms with E-state index in [1.54, 1.807) is 17.3 Å². The van der Waals surface area contributed by atoms with Crippen molar-refractivity contribution >= 4 is 11.8 Å². The van der Waals surface area contributed by atoms with E-state index in [-0.39, 0.29) is 23.3 Å². The molecule has 1 saturated heterocycles. The number of hydrogen-bond donors (Lipinski definition) is 1. The number of hydrogen-bond acceptors (Lipinski definition) is 3. The maximum absolute atomic E-state index is 12.8. The van der Waals surface area contributed by atoms with E-state index in [0.29, 0.717) is 19.5 Å². The summed E-state index contributed by atoms with van der Waals surface area (Å²) in [7, 11) is 0. The first kappa shape index (κ1) is 17.7. The second-order valence-electron chi connectivity index (χ2n) is 7.97. The predicted molar refractivity (Wildman–Crippen MR) is 103 cm³/mol. The van der Waals surface area contributed by atoms with Gasteiger partial charge in [0.25, 0.3) is 0 Å². The van der Waals surface area contributed by atoms with Gasteiger partial charge in [-0.1, -0.05) is 35.9 Å². The van der Waals surface area contributed by atoms with Gasteiger partial charge in [-0.05, 0) is 43.4 Å². The highest BCUT2D eigenvalue weighted by atomic mass is 16.2. The van der Waals surface area contributed by atoms with Gasteiger partial charge in [0.1, 0.15) is 0 Å². The van der Waals surface area contributed by atoms with E-state index >= 15 is 0 Å². The quantitative estimate of drug-likeness (QED) is 0.858. The molecule has 5 heteroatoms. The first-order valence-corrected chi connectivity index (χ1v) is 9.57. The highest BCUT2D eigenvalue weighted by Crippen LogP contribution is 2.39. The van der Waals surface area contributed by atoms with Crippen LogP contribution in [0.1, 0.15) is 36.0 Å². The van der Waals surface area contributed by atoms with Crippen molar-refractivity contribution in [2.75, 3.05) is 6.54 Å². The van der Waals surface area contributed by atoms with E-state index in [0.717, 1.165) is 24.8 Å². The van der Waals surface area contributed by atoms with Crippen LogP contribution in [-0.4, -0.2) is 33.8 Å². The zero-order valence-corrected chi connectivity index (χ0v) is 15.6. The fraction of sp³-hybridized carbons (Fsp3) is 0.409. The largest absolute Gasteiger partial charge is 0.350 e. The Morgan fingerprint density at radius 3 is 2.78 bits per heavy atom. The van der Waals surface area contributed by atoms with Crippen LogP contribution in [0.3, 0.4) is 0 Å². The van der Waals surface area contributed by atoms with Crippen LogP contribution >= 0.6 is 0 Å². The van der Waals surface area contributed by atoms with Crippen molar-refractivity contribution in [3.8, 4) is 0 Å². The van der Waals surface area contributed by atoms with Gasteiger partial charge >= 0.3 is 0 Å². The molecule has 2 amide bonds. The number of pyridine rings is 1. The zero-order chi connectivity index (χ0) is 18.9. The topological polar surface area (TPSA) is 62.3 Å². The average Bonchev–Trinajstić information content (AvgIpc) is 3.29. The summed E-state index contributed by atoms with van der Waals surface area (Å²) in [5.74, 6) is -0.200. The van der Waals surface area contributed by atoms with Gasteiger partial charge in [-0.3, -0.25) is 14.6 Å². The maximum atomic E-state index is 12.8. The molecule has 27 heavy (non-hydrogen) atoms. The van der Waals surface area contributed by atoms with Crippen molar-refractivity contribution in [3.63, 3.8) is 0 Å². The summed E-state index contributed by atoms with van der Waals surface area (Å²) >= 11 is 0. The van der Waals surface area contributed by atoms with E-state index in [1.165, 1.54) is 11.1 Å². The van der Waals surface area contributed by atoms with E-state index in [4.69, 9.17) is 0 Å². The van der Waals surface area contributed by atoms with Crippen molar-refractivity contribution < 1.29 is 9.59 Å². The smallest absolute Gasteiger partial charge is 0.225 e. The number of carbonyl (C=O) groups excluding carboxylic acids is 2. The summed E-state index contributed by atoms with van der Waals surface area (Å²) in [5.41, 5.74) is 3.37. The first-order chi connectivity index (χ1) is 13.0. The van der Waals surface area contributed by atoms with Gasteiger partial charge in [-0.15, -0.1) is 0 Å². The van der Waals surface area contributed by atoms with Gasteiger partial charge in [0.05, 0.1) is 5.92 Å². The maximum Gasteiger partial charge on any atom is 0.225 e. The van der Waals surface area contributed by atoms with Gasteiger partial charge in [0, 0.05) is 37.4 Å². The Morgan fingerprint density at radius 2 is 2.07 bits per heavy atom. The minimum absolute atomic E-state index is 0.0159. The normalized spacial score (nSPS) is 20.6. The monoisotopic (exact) mass is 363 g/mol. The Labute approximate surface area is 159 Å². The lowest BCUT2D eigenvalue weighted by atomic mass is 10.0. The minimum atomic E-state index is -0.260. The second-order valence-corrected chi connectivity index (χ2v) is 7.97. The molecule has 2 aliphatic rings. The fourth-order valence-electron chi connectivity index (χ4n) is 3.89. The standard InChI is InChI=1S/C22H25N3O2/c1-16-4-2-5-17(10-16)12-22(7-8-22)24-21(27)19-11-20(26)25(15-19)14-18-6-3-9-23-13-18/h2-6,9-10,13,19H,7-8,11-12,14-15H2,1H3,(H,24,27)/t19-/m1/s1. The lowest BCUT2D eigenvalue weighted by molar-refractivity contribution is -0.129. The predicted octanol–water partition coefficient (Wildman–Crippen LogP) is 2.63. The molecule has 2 aromatic rings.